The van der Waals surface area contributed by atoms with Gasteiger partial charge in [-0.05, 0) is 24.8 Å². The molecule has 2 bridgehead atoms. The summed E-state index contributed by atoms with van der Waals surface area (Å²) in [5.74, 6) is 0. The third kappa shape index (κ3) is 0.518. The monoisotopic (exact) mass is 150 g/mol. The molecule has 0 aliphatic heterocycles. The summed E-state index contributed by atoms with van der Waals surface area (Å²) in [7, 11) is 0. The van der Waals surface area contributed by atoms with Crippen molar-refractivity contribution in [2.24, 2.45) is 0 Å². The predicted molar refractivity (Wildman–Crippen MR) is 39.1 cm³/mol. The van der Waals surface area contributed by atoms with Crippen molar-refractivity contribution < 1.29 is 5.11 Å². The van der Waals surface area contributed by atoms with Gasteiger partial charge >= 0.3 is 0 Å². The van der Waals surface area contributed by atoms with Crippen molar-refractivity contribution >= 4 is 0 Å². The Labute approximate surface area is 64.4 Å². The van der Waals surface area contributed by atoms with Gasteiger partial charge in [0.05, 0.1) is 11.8 Å². The van der Waals surface area contributed by atoms with E-state index in [9.17, 15) is 5.11 Å². The topological polar surface area (TPSA) is 48.9 Å². The standard InChI is InChI=1S/C8H10N2O/c11-8-3-7(4-8,5-8)6-1-9-10-2-6/h1-2,11H,3-5H2,(H,9,10). The van der Waals surface area contributed by atoms with Crippen LogP contribution >= 0.6 is 0 Å². The Kier molecular flexibility index (Phi) is 0.717. The zero-order valence-electron chi connectivity index (χ0n) is 6.17. The second-order valence-corrected chi connectivity index (χ2v) is 4.02. The first kappa shape index (κ1) is 5.77. The molecule has 1 aromatic rings. The van der Waals surface area contributed by atoms with Gasteiger partial charge in [0.15, 0.2) is 0 Å². The van der Waals surface area contributed by atoms with E-state index in [1.54, 1.807) is 0 Å². The second-order valence-electron chi connectivity index (χ2n) is 4.02. The van der Waals surface area contributed by atoms with E-state index in [0.29, 0.717) is 5.41 Å². The highest BCUT2D eigenvalue weighted by Gasteiger charge is 2.68. The first-order chi connectivity index (χ1) is 5.23. The maximum absolute atomic E-state index is 9.51. The maximum Gasteiger partial charge on any atom is 0.0673 e. The van der Waals surface area contributed by atoms with Gasteiger partial charge in [-0.1, -0.05) is 0 Å². The normalized spacial score (nSPS) is 46.3. The van der Waals surface area contributed by atoms with Crippen LogP contribution in [0.3, 0.4) is 0 Å². The molecule has 3 heteroatoms. The summed E-state index contributed by atoms with van der Waals surface area (Å²) >= 11 is 0. The molecule has 0 saturated heterocycles. The molecule has 0 aromatic carbocycles. The summed E-state index contributed by atoms with van der Waals surface area (Å²) in [6, 6.07) is 0. The highest BCUT2D eigenvalue weighted by Crippen LogP contribution is 2.67. The van der Waals surface area contributed by atoms with E-state index in [2.05, 4.69) is 10.2 Å². The number of rotatable bonds is 1. The van der Waals surface area contributed by atoms with Crippen LogP contribution < -0.4 is 0 Å². The lowest BCUT2D eigenvalue weighted by Crippen LogP contribution is -2.69. The van der Waals surface area contributed by atoms with Gasteiger partial charge in [0.25, 0.3) is 0 Å². The van der Waals surface area contributed by atoms with Crippen LogP contribution in [0.2, 0.25) is 0 Å². The largest absolute Gasteiger partial charge is 0.390 e. The first-order valence-electron chi connectivity index (χ1n) is 3.94. The van der Waals surface area contributed by atoms with Crippen molar-refractivity contribution in [3.05, 3.63) is 18.0 Å². The highest BCUT2D eigenvalue weighted by molar-refractivity contribution is 5.37. The molecule has 4 rings (SSSR count). The molecule has 3 fully saturated rings. The van der Waals surface area contributed by atoms with Crippen LogP contribution in [0.15, 0.2) is 12.4 Å². The Bertz CT molecular complexity index is 271. The minimum Gasteiger partial charge on any atom is -0.390 e. The van der Waals surface area contributed by atoms with Crippen molar-refractivity contribution in [1.29, 1.82) is 0 Å². The van der Waals surface area contributed by atoms with Crippen molar-refractivity contribution in [2.75, 3.05) is 0 Å². The number of nitrogens with zero attached hydrogens (tertiary/aromatic N) is 1. The van der Waals surface area contributed by atoms with E-state index < -0.39 is 0 Å². The average Bonchev–Trinajstić information content (AvgIpc) is 2.28. The van der Waals surface area contributed by atoms with Gasteiger partial charge in [0.1, 0.15) is 0 Å². The molecule has 0 atom stereocenters. The van der Waals surface area contributed by atoms with Crippen molar-refractivity contribution in [1.82, 2.24) is 10.2 Å². The quantitative estimate of drug-likeness (QED) is 0.615. The summed E-state index contributed by atoms with van der Waals surface area (Å²) in [4.78, 5) is 0. The molecule has 3 saturated carbocycles. The van der Waals surface area contributed by atoms with E-state index in [-0.39, 0.29) is 5.60 Å². The molecular formula is C8H10N2O. The summed E-state index contributed by atoms with van der Waals surface area (Å²) in [5.41, 5.74) is 1.28. The van der Waals surface area contributed by atoms with Gasteiger partial charge in [-0.15, -0.1) is 0 Å². The molecule has 3 aliphatic carbocycles. The van der Waals surface area contributed by atoms with E-state index in [0.717, 1.165) is 19.3 Å². The Morgan fingerprint density at radius 3 is 2.64 bits per heavy atom. The molecule has 0 radical (unpaired) electrons. The van der Waals surface area contributed by atoms with Crippen LogP contribution in [0.4, 0.5) is 0 Å². The molecule has 11 heavy (non-hydrogen) atoms. The first-order valence-corrected chi connectivity index (χ1v) is 3.94. The SMILES string of the molecule is OC12CC(c3cn[nH]c3)(C1)C2. The lowest BCUT2D eigenvalue weighted by Gasteiger charge is -2.67. The lowest BCUT2D eigenvalue weighted by atomic mass is 9.39. The van der Waals surface area contributed by atoms with Gasteiger partial charge in [0, 0.05) is 11.6 Å². The second kappa shape index (κ2) is 1.37. The summed E-state index contributed by atoms with van der Waals surface area (Å²) in [5, 5.41) is 16.2. The number of aliphatic hydroxyl groups is 1. The zero-order valence-corrected chi connectivity index (χ0v) is 6.17. The van der Waals surface area contributed by atoms with E-state index in [1.807, 2.05) is 12.4 Å². The van der Waals surface area contributed by atoms with Crippen LogP contribution in [0.5, 0.6) is 0 Å². The molecule has 0 spiro atoms. The fourth-order valence-corrected chi connectivity index (χ4v) is 2.58. The molecular weight excluding hydrogens is 140 g/mol. The Hall–Kier alpha value is -0.830. The summed E-state index contributed by atoms with van der Waals surface area (Å²) in [6.07, 6.45) is 6.65. The fraction of sp³-hybridized carbons (Fsp3) is 0.625. The summed E-state index contributed by atoms with van der Waals surface area (Å²) < 4.78 is 0. The Balaban J connectivity index is 1.94. The number of aromatic amines is 1. The third-order valence-electron chi connectivity index (χ3n) is 3.11. The number of hydrogen-bond acceptors (Lipinski definition) is 2. The van der Waals surface area contributed by atoms with E-state index in [4.69, 9.17) is 0 Å². The Morgan fingerprint density at radius 2 is 2.18 bits per heavy atom. The zero-order chi connectivity index (χ0) is 7.53. The number of nitrogens with one attached hydrogen (secondary N) is 1. The maximum atomic E-state index is 9.51. The van der Waals surface area contributed by atoms with Crippen LogP contribution in [-0.4, -0.2) is 20.9 Å². The highest BCUT2D eigenvalue weighted by atomic mass is 16.3. The fourth-order valence-electron chi connectivity index (χ4n) is 2.58. The number of hydrogen-bond donors (Lipinski definition) is 2. The molecule has 3 nitrogen and oxygen atoms in total. The van der Waals surface area contributed by atoms with Gasteiger partial charge in [-0.2, -0.15) is 5.10 Å². The smallest absolute Gasteiger partial charge is 0.0673 e. The molecule has 1 aromatic heterocycles. The summed E-state index contributed by atoms with van der Waals surface area (Å²) in [6.45, 7) is 0. The molecule has 0 amide bonds. The molecule has 3 aliphatic rings. The minimum atomic E-state index is -0.294. The van der Waals surface area contributed by atoms with Crippen LogP contribution in [0.1, 0.15) is 24.8 Å². The minimum absolute atomic E-state index is 0.294. The van der Waals surface area contributed by atoms with Crippen LogP contribution in [0.25, 0.3) is 0 Å². The lowest BCUT2D eigenvalue weighted by molar-refractivity contribution is -0.213. The van der Waals surface area contributed by atoms with Crippen molar-refractivity contribution in [2.45, 2.75) is 30.3 Å². The molecule has 58 valence electrons. The third-order valence-corrected chi connectivity index (χ3v) is 3.11. The average molecular weight is 150 g/mol. The predicted octanol–water partition coefficient (Wildman–Crippen LogP) is 0.576. The van der Waals surface area contributed by atoms with Crippen molar-refractivity contribution in [3.63, 3.8) is 0 Å². The van der Waals surface area contributed by atoms with Gasteiger partial charge in [0.2, 0.25) is 0 Å². The van der Waals surface area contributed by atoms with Crippen molar-refractivity contribution in [3.8, 4) is 0 Å². The van der Waals surface area contributed by atoms with E-state index >= 15 is 0 Å². The van der Waals surface area contributed by atoms with Gasteiger partial charge < -0.3 is 5.11 Å². The molecule has 0 unspecified atom stereocenters. The van der Waals surface area contributed by atoms with Crippen LogP contribution in [-0.2, 0) is 5.41 Å². The number of aromatic nitrogens is 2. The van der Waals surface area contributed by atoms with Crippen LogP contribution in [0, 0.1) is 0 Å². The van der Waals surface area contributed by atoms with Gasteiger partial charge in [-0.3, -0.25) is 5.10 Å². The number of H-pyrrole nitrogens is 1. The molecule has 2 N–H and O–H groups in total. The Morgan fingerprint density at radius 1 is 1.45 bits per heavy atom. The van der Waals surface area contributed by atoms with Gasteiger partial charge in [-0.25, -0.2) is 0 Å². The van der Waals surface area contributed by atoms with E-state index in [1.165, 1.54) is 5.56 Å². The molecule has 1 heterocycles.